The maximum absolute atomic E-state index is 10.8. The van der Waals surface area contributed by atoms with Gasteiger partial charge in [0.1, 0.15) is 11.6 Å². The first-order valence-corrected chi connectivity index (χ1v) is 8.14. The number of halogens is 5. The van der Waals surface area contributed by atoms with Crippen molar-refractivity contribution in [3.05, 3.63) is 33.5 Å². The van der Waals surface area contributed by atoms with E-state index in [1.165, 1.54) is 6.08 Å². The Morgan fingerprint density at radius 2 is 1.39 bits per heavy atom. The normalized spacial score (nSPS) is 11.2. The molecule has 0 spiro atoms. The molecule has 1 aromatic carbocycles. The first-order chi connectivity index (χ1) is 8.31. The zero-order valence-corrected chi connectivity index (χ0v) is 16.2. The maximum atomic E-state index is 10.8. The van der Waals surface area contributed by atoms with Gasteiger partial charge in [-0.05, 0) is 85.7 Å². The lowest BCUT2D eigenvalue weighted by atomic mass is 10.1. The third kappa shape index (κ3) is 3.25. The maximum Gasteiger partial charge on any atom is 0.346 e. The monoisotopic (exact) mass is 563 g/mol. The van der Waals surface area contributed by atoms with Crippen molar-refractivity contribution in [3.8, 4) is 6.07 Å². The second kappa shape index (κ2) is 6.66. The van der Waals surface area contributed by atoms with Crippen LogP contribution in [0, 0.1) is 11.3 Å². The van der Waals surface area contributed by atoms with Gasteiger partial charge in [0.05, 0.1) is 0 Å². The Morgan fingerprint density at radius 3 is 1.72 bits per heavy atom. The number of aliphatic carboxylic acids is 1. The average Bonchev–Trinajstić information content (AvgIpc) is 2.34. The molecule has 94 valence electrons. The number of hydrogen-bond donors (Lipinski definition) is 1. The third-order valence-electron chi connectivity index (χ3n) is 1.88. The molecule has 0 aliphatic carbocycles. The van der Waals surface area contributed by atoms with Crippen molar-refractivity contribution in [1.29, 1.82) is 5.26 Å². The van der Waals surface area contributed by atoms with Crippen molar-refractivity contribution < 1.29 is 9.90 Å². The van der Waals surface area contributed by atoms with Crippen molar-refractivity contribution >= 4 is 91.7 Å². The van der Waals surface area contributed by atoms with Crippen LogP contribution in [-0.4, -0.2) is 11.1 Å². The van der Waals surface area contributed by atoms with Crippen LogP contribution in [0.15, 0.2) is 27.9 Å². The van der Waals surface area contributed by atoms with Crippen LogP contribution in [0.2, 0.25) is 0 Å². The van der Waals surface area contributed by atoms with Gasteiger partial charge < -0.3 is 5.11 Å². The topological polar surface area (TPSA) is 61.1 Å². The Balaban J connectivity index is 3.63. The predicted molar refractivity (Wildman–Crippen MR) is 86.2 cm³/mol. The molecule has 8 heteroatoms. The molecular formula is C10H2Br5NO2. The number of rotatable bonds is 2. The van der Waals surface area contributed by atoms with Crippen LogP contribution in [-0.2, 0) is 4.79 Å². The molecular weight excluding hydrogens is 566 g/mol. The fourth-order valence-corrected chi connectivity index (χ4v) is 4.34. The summed E-state index contributed by atoms with van der Waals surface area (Å²) in [5.74, 6) is -1.27. The molecule has 0 aliphatic rings. The van der Waals surface area contributed by atoms with E-state index in [1.807, 2.05) is 0 Å². The van der Waals surface area contributed by atoms with Crippen molar-refractivity contribution in [3.63, 3.8) is 0 Å². The SMILES string of the molecule is N#CC(=Cc1c(Br)c(Br)c(Br)c(Br)c1Br)C(=O)O. The Bertz CT molecular complexity index is 574. The lowest BCUT2D eigenvalue weighted by Crippen LogP contribution is -1.98. The number of benzene rings is 1. The van der Waals surface area contributed by atoms with Gasteiger partial charge in [0.25, 0.3) is 0 Å². The summed E-state index contributed by atoms with van der Waals surface area (Å²) < 4.78 is 3.47. The molecule has 0 saturated heterocycles. The molecule has 1 N–H and O–H groups in total. The summed E-state index contributed by atoms with van der Waals surface area (Å²) in [5, 5.41) is 17.6. The standard InChI is InChI=1S/C10H2Br5NO2/c11-5-4(1-3(2-16)10(17)18)6(12)8(14)9(15)7(5)13/h1H,(H,17,18). The summed E-state index contributed by atoms with van der Waals surface area (Å²) in [5.41, 5.74) is 0.202. The molecule has 0 heterocycles. The number of carboxylic acids is 1. The van der Waals surface area contributed by atoms with E-state index in [4.69, 9.17) is 10.4 Å². The Hall–Kier alpha value is 0.320. The van der Waals surface area contributed by atoms with E-state index in [1.54, 1.807) is 6.07 Å². The number of nitrogens with zero attached hydrogens (tertiary/aromatic N) is 1. The average molecular weight is 568 g/mol. The lowest BCUT2D eigenvalue weighted by Gasteiger charge is -2.10. The van der Waals surface area contributed by atoms with Gasteiger partial charge in [-0.25, -0.2) is 4.79 Å². The summed E-state index contributed by atoms with van der Waals surface area (Å²) in [4.78, 5) is 10.8. The molecule has 3 nitrogen and oxygen atoms in total. The molecule has 0 amide bonds. The number of carboxylic acid groups (broad SMARTS) is 1. The zero-order valence-electron chi connectivity index (χ0n) is 8.27. The summed E-state index contributed by atoms with van der Waals surface area (Å²) in [6.07, 6.45) is 1.29. The minimum absolute atomic E-state index is 0.350. The lowest BCUT2D eigenvalue weighted by molar-refractivity contribution is -0.132. The fraction of sp³-hybridized carbons (Fsp3) is 0. The highest BCUT2D eigenvalue weighted by Crippen LogP contribution is 2.45. The van der Waals surface area contributed by atoms with Crippen LogP contribution < -0.4 is 0 Å². The zero-order chi connectivity index (χ0) is 14.0. The van der Waals surface area contributed by atoms with Gasteiger partial charge in [0, 0.05) is 27.9 Å². The molecule has 0 atom stereocenters. The second-order valence-corrected chi connectivity index (χ2v) is 6.92. The molecule has 18 heavy (non-hydrogen) atoms. The predicted octanol–water partition coefficient (Wildman–Crippen LogP) is 5.49. The Labute approximate surface area is 145 Å². The molecule has 0 aromatic heterocycles. The number of hydrogen-bond acceptors (Lipinski definition) is 2. The highest BCUT2D eigenvalue weighted by atomic mass is 79.9. The largest absolute Gasteiger partial charge is 0.477 e. The summed E-state index contributed by atoms with van der Waals surface area (Å²) >= 11 is 16.8. The summed E-state index contributed by atoms with van der Waals surface area (Å²) in [6, 6.07) is 1.64. The van der Waals surface area contributed by atoms with Crippen LogP contribution in [0.4, 0.5) is 0 Å². The van der Waals surface area contributed by atoms with Gasteiger partial charge in [-0.1, -0.05) is 0 Å². The molecule has 1 rings (SSSR count). The molecule has 0 saturated carbocycles. The molecule has 0 unspecified atom stereocenters. The highest BCUT2D eigenvalue weighted by molar-refractivity contribution is 9.15. The van der Waals surface area contributed by atoms with E-state index in [2.05, 4.69) is 79.6 Å². The quantitative estimate of drug-likeness (QED) is 0.223. The Morgan fingerprint density at radius 1 is 1.00 bits per heavy atom. The minimum atomic E-state index is -1.27. The van der Waals surface area contributed by atoms with Gasteiger partial charge in [0.2, 0.25) is 0 Å². The van der Waals surface area contributed by atoms with Crippen molar-refractivity contribution in [1.82, 2.24) is 0 Å². The number of carbonyl (C=O) groups is 1. The molecule has 0 radical (unpaired) electrons. The Kier molecular flexibility index (Phi) is 6.06. The first kappa shape index (κ1) is 16.4. The van der Waals surface area contributed by atoms with E-state index < -0.39 is 5.97 Å². The van der Waals surface area contributed by atoms with Gasteiger partial charge in [0.15, 0.2) is 0 Å². The van der Waals surface area contributed by atoms with Crippen LogP contribution in [0.1, 0.15) is 5.56 Å². The molecule has 0 bridgehead atoms. The second-order valence-electron chi connectivity index (χ2n) is 2.96. The smallest absolute Gasteiger partial charge is 0.346 e. The van der Waals surface area contributed by atoms with Crippen LogP contribution in [0.25, 0.3) is 6.08 Å². The van der Waals surface area contributed by atoms with Crippen molar-refractivity contribution in [2.24, 2.45) is 0 Å². The van der Waals surface area contributed by atoms with Crippen molar-refractivity contribution in [2.45, 2.75) is 0 Å². The van der Waals surface area contributed by atoms with Gasteiger partial charge in [-0.15, -0.1) is 0 Å². The van der Waals surface area contributed by atoms with Crippen LogP contribution in [0.5, 0.6) is 0 Å². The van der Waals surface area contributed by atoms with E-state index in [-0.39, 0.29) is 5.57 Å². The number of nitriles is 1. The van der Waals surface area contributed by atoms with Crippen LogP contribution in [0.3, 0.4) is 0 Å². The van der Waals surface area contributed by atoms with E-state index >= 15 is 0 Å². The van der Waals surface area contributed by atoms with E-state index in [0.717, 1.165) is 4.47 Å². The van der Waals surface area contributed by atoms with Gasteiger partial charge in [-0.2, -0.15) is 5.26 Å². The van der Waals surface area contributed by atoms with Gasteiger partial charge in [-0.3, -0.25) is 0 Å². The van der Waals surface area contributed by atoms with E-state index in [0.29, 0.717) is 23.5 Å². The van der Waals surface area contributed by atoms with Crippen LogP contribution >= 0.6 is 79.6 Å². The highest BCUT2D eigenvalue weighted by Gasteiger charge is 2.18. The summed E-state index contributed by atoms with van der Waals surface area (Å²) in [7, 11) is 0. The van der Waals surface area contributed by atoms with Gasteiger partial charge >= 0.3 is 5.97 Å². The fourth-order valence-electron chi connectivity index (χ4n) is 1.03. The minimum Gasteiger partial charge on any atom is -0.477 e. The molecule has 1 aromatic rings. The molecule has 0 fully saturated rings. The van der Waals surface area contributed by atoms with Crippen molar-refractivity contribution in [2.75, 3.05) is 0 Å². The third-order valence-corrected chi connectivity index (χ3v) is 8.04. The first-order valence-electron chi connectivity index (χ1n) is 4.17. The molecule has 0 aliphatic heterocycles. The summed E-state index contributed by atoms with van der Waals surface area (Å²) in [6.45, 7) is 0. The van der Waals surface area contributed by atoms with E-state index in [9.17, 15) is 4.79 Å².